The lowest BCUT2D eigenvalue weighted by Gasteiger charge is -2.25. The Labute approximate surface area is 187 Å². The van der Waals surface area contributed by atoms with Crippen LogP contribution in [0.1, 0.15) is 0 Å². The van der Waals surface area contributed by atoms with Crippen LogP contribution >= 0.6 is 0 Å². The number of amidine groups is 1. The van der Waals surface area contributed by atoms with E-state index in [2.05, 4.69) is 10.3 Å². The molecule has 190 valence electrons. The van der Waals surface area contributed by atoms with Gasteiger partial charge in [0.2, 0.25) is 0 Å². The predicted molar refractivity (Wildman–Crippen MR) is 115 cm³/mol. The number of carbonyl (C=O) groups is 1. The van der Waals surface area contributed by atoms with E-state index in [-0.39, 0.29) is 32.1 Å². The van der Waals surface area contributed by atoms with Gasteiger partial charge in [-0.25, -0.2) is 0 Å². The van der Waals surface area contributed by atoms with Crippen molar-refractivity contribution in [3.05, 3.63) is 0 Å². The van der Waals surface area contributed by atoms with Crippen molar-refractivity contribution in [3.8, 4) is 0 Å². The molecule has 0 fully saturated rings. The van der Waals surface area contributed by atoms with E-state index in [0.717, 1.165) is 0 Å². The Morgan fingerprint density at radius 2 is 1.22 bits per heavy atom. The number of aliphatic hydroxyl groups is 4. The number of nitrogens with one attached hydrogen (secondary N) is 1. The normalized spacial score (nSPS) is 15.9. The van der Waals surface area contributed by atoms with Gasteiger partial charge in [0.1, 0.15) is 24.1 Å². The predicted octanol–water partition coefficient (Wildman–Crippen LogP) is -5.11. The average Bonchev–Trinajstić information content (AvgIpc) is 2.80. The molecule has 0 aromatic heterocycles. The second-order valence-corrected chi connectivity index (χ2v) is 6.50. The van der Waals surface area contributed by atoms with Gasteiger partial charge in [-0.1, -0.05) is 0 Å². The Morgan fingerprint density at radius 3 is 1.75 bits per heavy atom. The molecule has 14 nitrogen and oxygen atoms in total. The zero-order valence-electron chi connectivity index (χ0n) is 18.3. The number of aliphatic hydroxyl groups excluding tert-OH is 4. The minimum absolute atomic E-state index is 0.0546. The van der Waals surface area contributed by atoms with Crippen LogP contribution in [0.2, 0.25) is 0 Å². The van der Waals surface area contributed by atoms with Gasteiger partial charge in [0.05, 0.1) is 59.4 Å². The van der Waals surface area contributed by atoms with Crippen molar-refractivity contribution in [2.45, 2.75) is 24.4 Å². The maximum atomic E-state index is 11.9. The van der Waals surface area contributed by atoms with Gasteiger partial charge in [0.15, 0.2) is 6.10 Å². The van der Waals surface area contributed by atoms with Crippen molar-refractivity contribution < 1.29 is 44.2 Å². The zero-order chi connectivity index (χ0) is 24.2. The molecule has 0 unspecified atom stereocenters. The summed E-state index contributed by atoms with van der Waals surface area (Å²) in [6.45, 7) is 3.52. The first-order valence-corrected chi connectivity index (χ1v) is 10.4. The summed E-state index contributed by atoms with van der Waals surface area (Å²) in [5.41, 5.74) is 16.1. The van der Waals surface area contributed by atoms with Crippen LogP contribution in [0.3, 0.4) is 0 Å². The molecule has 0 aromatic carbocycles. The Kier molecular flexibility index (Phi) is 19.2. The number of nitrogens with zero attached hydrogens (tertiary/aromatic N) is 1. The highest BCUT2D eigenvalue weighted by atomic mass is 16.5. The lowest BCUT2D eigenvalue weighted by atomic mass is 10.0. The van der Waals surface area contributed by atoms with Crippen molar-refractivity contribution >= 4 is 11.7 Å². The Balaban J connectivity index is 4.15. The standard InChI is InChI=1S/C18H39N5O9/c19-1-5-29-9-11-31-7-3-22-17(21)15(26)13(24)14(25)16(27)18(28)23-4-8-32-12-10-30-6-2-20/h13-16,24-27H,1-12,19-20H2,(H2,21,22)(H,23,28)/t13-,14+,15+,16-/m0/s1. The third-order valence-corrected chi connectivity index (χ3v) is 3.91. The summed E-state index contributed by atoms with van der Waals surface area (Å²) in [6, 6.07) is 0. The van der Waals surface area contributed by atoms with Crippen molar-refractivity contribution in [2.24, 2.45) is 22.2 Å². The third-order valence-electron chi connectivity index (χ3n) is 3.91. The van der Waals surface area contributed by atoms with Gasteiger partial charge < -0.3 is 61.9 Å². The molecule has 0 spiro atoms. The van der Waals surface area contributed by atoms with Crippen molar-refractivity contribution in [3.63, 3.8) is 0 Å². The topological polar surface area (TPSA) is 237 Å². The molecular weight excluding hydrogens is 430 g/mol. The van der Waals surface area contributed by atoms with Gasteiger partial charge in [0, 0.05) is 19.6 Å². The maximum absolute atomic E-state index is 11.9. The summed E-state index contributed by atoms with van der Waals surface area (Å²) < 4.78 is 20.7. The van der Waals surface area contributed by atoms with Gasteiger partial charge in [-0.05, 0) is 0 Å². The van der Waals surface area contributed by atoms with Gasteiger partial charge in [-0.2, -0.15) is 0 Å². The SMILES string of the molecule is NCCOCCOCCN=C(N)[C@H](O)[C@@H](O)[C@@H](O)[C@H](O)C(=O)NCCOCCOCCN. The van der Waals surface area contributed by atoms with Gasteiger partial charge >= 0.3 is 0 Å². The Hall–Kier alpha value is -1.46. The van der Waals surface area contributed by atoms with E-state index >= 15 is 0 Å². The first-order valence-electron chi connectivity index (χ1n) is 10.4. The molecule has 0 aliphatic rings. The number of ether oxygens (including phenoxy) is 4. The number of hydrogen-bond donors (Lipinski definition) is 8. The molecule has 0 saturated heterocycles. The van der Waals surface area contributed by atoms with Crippen molar-refractivity contribution in [1.29, 1.82) is 0 Å². The molecule has 0 aliphatic carbocycles. The molecule has 0 heterocycles. The summed E-state index contributed by atoms with van der Waals surface area (Å²) in [5, 5.41) is 42.2. The monoisotopic (exact) mass is 469 g/mol. The summed E-state index contributed by atoms with van der Waals surface area (Å²) in [4.78, 5) is 15.7. The van der Waals surface area contributed by atoms with Gasteiger partial charge in [-0.15, -0.1) is 0 Å². The van der Waals surface area contributed by atoms with E-state index in [4.69, 9.17) is 36.1 Å². The number of nitrogens with two attached hydrogens (primary N) is 3. The van der Waals surface area contributed by atoms with Crippen LogP contribution in [0, 0.1) is 0 Å². The molecule has 0 saturated carbocycles. The minimum Gasteiger partial charge on any atom is -0.387 e. The zero-order valence-corrected chi connectivity index (χ0v) is 18.3. The molecule has 0 aliphatic heterocycles. The summed E-state index contributed by atoms with van der Waals surface area (Å²) >= 11 is 0. The fraction of sp³-hybridized carbons (Fsp3) is 0.889. The largest absolute Gasteiger partial charge is 0.387 e. The molecule has 0 rings (SSSR count). The Bertz CT molecular complexity index is 501. The highest BCUT2D eigenvalue weighted by Gasteiger charge is 2.35. The van der Waals surface area contributed by atoms with E-state index in [1.54, 1.807) is 0 Å². The van der Waals surface area contributed by atoms with E-state index in [0.29, 0.717) is 52.7 Å². The fourth-order valence-corrected chi connectivity index (χ4v) is 2.20. The van der Waals surface area contributed by atoms with E-state index in [9.17, 15) is 25.2 Å². The summed E-state index contributed by atoms with van der Waals surface area (Å²) in [7, 11) is 0. The van der Waals surface area contributed by atoms with Crippen LogP contribution in [-0.4, -0.2) is 136 Å². The van der Waals surface area contributed by atoms with Crippen LogP contribution < -0.4 is 22.5 Å². The highest BCUT2D eigenvalue weighted by molar-refractivity contribution is 5.86. The third kappa shape index (κ3) is 14.6. The van der Waals surface area contributed by atoms with E-state index in [1.165, 1.54) is 0 Å². The molecule has 0 radical (unpaired) electrons. The molecule has 0 aromatic rings. The molecule has 1 amide bonds. The van der Waals surface area contributed by atoms with Crippen molar-refractivity contribution in [1.82, 2.24) is 5.32 Å². The van der Waals surface area contributed by atoms with Gasteiger partial charge in [-0.3, -0.25) is 9.79 Å². The van der Waals surface area contributed by atoms with Crippen molar-refractivity contribution in [2.75, 3.05) is 79.0 Å². The maximum Gasteiger partial charge on any atom is 0.251 e. The minimum atomic E-state index is -2.00. The fourth-order valence-electron chi connectivity index (χ4n) is 2.20. The second kappa shape index (κ2) is 20.2. The molecule has 0 bridgehead atoms. The highest BCUT2D eigenvalue weighted by Crippen LogP contribution is 2.06. The molecular formula is C18H39N5O9. The quantitative estimate of drug-likeness (QED) is 0.0447. The number of aliphatic imine (C=N–C) groups is 1. The summed E-state index contributed by atoms with van der Waals surface area (Å²) in [6.07, 6.45) is -7.74. The van der Waals surface area contributed by atoms with E-state index in [1.807, 2.05) is 0 Å². The first-order chi connectivity index (χ1) is 15.4. The Morgan fingerprint density at radius 1 is 0.750 bits per heavy atom. The molecule has 32 heavy (non-hydrogen) atoms. The lowest BCUT2D eigenvalue weighted by Crippen LogP contribution is -2.54. The number of amides is 1. The number of hydrogen-bond acceptors (Lipinski definition) is 12. The van der Waals surface area contributed by atoms with Crippen LogP contribution in [0.5, 0.6) is 0 Å². The second-order valence-electron chi connectivity index (χ2n) is 6.50. The smallest absolute Gasteiger partial charge is 0.251 e. The van der Waals surface area contributed by atoms with Crippen LogP contribution in [0.4, 0.5) is 0 Å². The van der Waals surface area contributed by atoms with Gasteiger partial charge in [0.25, 0.3) is 5.91 Å². The van der Waals surface area contributed by atoms with Crippen LogP contribution in [0.25, 0.3) is 0 Å². The lowest BCUT2D eigenvalue weighted by molar-refractivity contribution is -0.144. The molecule has 4 atom stereocenters. The van der Waals surface area contributed by atoms with Crippen LogP contribution in [0.15, 0.2) is 4.99 Å². The average molecular weight is 470 g/mol. The molecule has 14 heteroatoms. The van der Waals surface area contributed by atoms with E-state index < -0.39 is 30.3 Å². The summed E-state index contributed by atoms with van der Waals surface area (Å²) in [5.74, 6) is -1.33. The number of carbonyl (C=O) groups excluding carboxylic acids is 1. The molecule has 11 N–H and O–H groups in total. The van der Waals surface area contributed by atoms with Crippen LogP contribution in [-0.2, 0) is 23.7 Å². The first kappa shape index (κ1) is 30.5. The number of rotatable bonds is 21.